The molecule has 0 aromatic heterocycles. The molecule has 0 saturated heterocycles. The molecule has 0 aliphatic heterocycles. The van der Waals surface area contributed by atoms with E-state index in [-0.39, 0.29) is 11.7 Å². The third-order valence-electron chi connectivity index (χ3n) is 5.60. The molecule has 0 aliphatic carbocycles. The van der Waals surface area contributed by atoms with E-state index in [2.05, 4.69) is 37.1 Å². The van der Waals surface area contributed by atoms with Crippen molar-refractivity contribution in [1.29, 1.82) is 0 Å². The normalized spacial score (nSPS) is 14.6. The molecule has 12 heteroatoms. The lowest BCUT2D eigenvalue weighted by Crippen LogP contribution is -2.48. The first-order valence-corrected chi connectivity index (χ1v) is 17.1. The Kier molecular flexibility index (Phi) is 18.2. The Balaban J connectivity index is 4.79. The van der Waals surface area contributed by atoms with E-state index in [1.165, 1.54) is 17.2 Å². The third-order valence-corrected chi connectivity index (χ3v) is 9.67. The molecule has 38 heavy (non-hydrogen) atoms. The second-order valence-corrected chi connectivity index (χ2v) is 16.5. The molecule has 3 atom stereocenters. The van der Waals surface area contributed by atoms with Gasteiger partial charge in [0.25, 0.3) is 0 Å². The van der Waals surface area contributed by atoms with Crippen LogP contribution in [0.3, 0.4) is 0 Å². The van der Waals surface area contributed by atoms with Crippen molar-refractivity contribution in [3.8, 4) is 0 Å². The Bertz CT molecular complexity index is 753. The topological polar surface area (TPSA) is 133 Å². The highest BCUT2D eigenvalue weighted by Crippen LogP contribution is 2.29. The van der Waals surface area contributed by atoms with Gasteiger partial charge in [-0.3, -0.25) is 9.59 Å². The van der Waals surface area contributed by atoms with Crippen LogP contribution in [0.4, 0.5) is 0 Å². The lowest BCUT2D eigenvalue weighted by molar-refractivity contribution is -0.143. The minimum atomic E-state index is -1.07. The van der Waals surface area contributed by atoms with E-state index >= 15 is 0 Å². The van der Waals surface area contributed by atoms with Gasteiger partial charge in [-0.15, -0.1) is 0 Å². The Labute approximate surface area is 246 Å². The number of thioether (sulfide) groups is 1. The number of carbonyl (C=O) groups is 4. The number of carboxylic acid groups (broad SMARTS) is 2. The monoisotopic (exact) mass is 612 g/mol. The zero-order chi connectivity index (χ0) is 29.5. The van der Waals surface area contributed by atoms with Crippen molar-refractivity contribution in [2.75, 3.05) is 17.3 Å². The highest BCUT2D eigenvalue weighted by molar-refractivity contribution is 8.76. The highest BCUT2D eigenvalue weighted by Gasteiger charge is 2.29. The van der Waals surface area contributed by atoms with Crippen molar-refractivity contribution in [3.05, 3.63) is 0 Å². The van der Waals surface area contributed by atoms with Crippen LogP contribution in [0.1, 0.15) is 87.0 Å². The van der Waals surface area contributed by atoms with Gasteiger partial charge in [0.1, 0.15) is 12.1 Å². The van der Waals surface area contributed by atoms with Crippen molar-refractivity contribution >= 4 is 69.7 Å². The maximum absolute atomic E-state index is 12.3. The van der Waals surface area contributed by atoms with E-state index in [9.17, 15) is 29.4 Å². The maximum Gasteiger partial charge on any atom is 0.327 e. The molecule has 3 unspecified atom stereocenters. The molecule has 222 valence electrons. The fourth-order valence-electron chi connectivity index (χ4n) is 3.08. The lowest BCUT2D eigenvalue weighted by atomic mass is 9.95. The molecule has 0 radical (unpaired) electrons. The first-order valence-electron chi connectivity index (χ1n) is 13.1. The Morgan fingerprint density at radius 1 is 0.763 bits per heavy atom. The number of hydrogen-bond acceptors (Lipinski definition) is 8. The van der Waals surface area contributed by atoms with Crippen molar-refractivity contribution in [1.82, 2.24) is 10.6 Å². The first-order chi connectivity index (χ1) is 17.4. The molecule has 0 rings (SSSR count). The second-order valence-electron chi connectivity index (χ2n) is 11.4. The number of hydrogen-bond donors (Lipinski definition) is 5. The number of nitrogens with one attached hydrogen (secondary N) is 2. The third kappa shape index (κ3) is 17.8. The van der Waals surface area contributed by atoms with E-state index in [1.807, 2.05) is 0 Å². The summed E-state index contributed by atoms with van der Waals surface area (Å²) in [6.07, 6.45) is 5.71. The van der Waals surface area contributed by atoms with Gasteiger partial charge >= 0.3 is 11.9 Å². The SMILES string of the molecule is CC(C)CCCCC(CCSSCC(NC(=O)C(C)(C)S)C(=O)O)SCCC(NC(=O)C(C)(C)C)C(=O)O. The van der Waals surface area contributed by atoms with Crippen molar-refractivity contribution in [3.63, 3.8) is 0 Å². The molecule has 0 aliphatic rings. The van der Waals surface area contributed by atoms with Crippen LogP contribution >= 0.6 is 46.0 Å². The van der Waals surface area contributed by atoms with Crippen LogP contribution < -0.4 is 10.6 Å². The van der Waals surface area contributed by atoms with Gasteiger partial charge in [-0.2, -0.15) is 24.4 Å². The maximum atomic E-state index is 12.3. The average molecular weight is 613 g/mol. The van der Waals surface area contributed by atoms with Crippen molar-refractivity contribution in [2.24, 2.45) is 11.3 Å². The van der Waals surface area contributed by atoms with Gasteiger partial charge in [-0.05, 0) is 44.8 Å². The smallest absolute Gasteiger partial charge is 0.327 e. The summed E-state index contributed by atoms with van der Waals surface area (Å²) in [5, 5.41) is 24.5. The minimum absolute atomic E-state index is 0.246. The lowest BCUT2D eigenvalue weighted by Gasteiger charge is -2.23. The number of amides is 2. The molecular weight excluding hydrogens is 565 g/mol. The van der Waals surface area contributed by atoms with Crippen LogP contribution in [0.2, 0.25) is 0 Å². The molecule has 0 bridgehead atoms. The van der Waals surface area contributed by atoms with Crippen LogP contribution in [0.15, 0.2) is 0 Å². The molecule has 0 fully saturated rings. The number of carboxylic acids is 2. The summed E-state index contributed by atoms with van der Waals surface area (Å²) >= 11 is 5.94. The predicted octanol–water partition coefficient (Wildman–Crippen LogP) is 5.36. The Morgan fingerprint density at radius 2 is 1.32 bits per heavy atom. The molecule has 0 aromatic carbocycles. The molecule has 2 amide bonds. The van der Waals surface area contributed by atoms with E-state index in [0.717, 1.165) is 31.4 Å². The minimum Gasteiger partial charge on any atom is -0.480 e. The summed E-state index contributed by atoms with van der Waals surface area (Å²) in [4.78, 5) is 47.6. The van der Waals surface area contributed by atoms with Crippen LogP contribution in [-0.4, -0.2) is 73.3 Å². The van der Waals surface area contributed by atoms with Crippen LogP contribution in [0, 0.1) is 11.3 Å². The molecule has 0 spiro atoms. The standard InChI is InChI=1S/C26H48N2O6S4/c1-17(2)10-8-9-11-18(36-14-13-19(21(29)30)27-23(33)25(3,4)5)12-15-37-38-16-20(22(31)32)28-24(34)26(6,7)35/h17-20,35H,8-16H2,1-7H3,(H,27,33)(H,28,34)(H,29,30)(H,31,32). The van der Waals surface area contributed by atoms with Gasteiger partial charge in [0.05, 0.1) is 4.75 Å². The number of unbranched alkanes of at least 4 members (excludes halogenated alkanes) is 1. The van der Waals surface area contributed by atoms with Gasteiger partial charge in [0, 0.05) is 22.2 Å². The summed E-state index contributed by atoms with van der Waals surface area (Å²) in [7, 11) is 3.00. The zero-order valence-corrected chi connectivity index (χ0v) is 27.2. The summed E-state index contributed by atoms with van der Waals surface area (Å²) < 4.78 is -0.958. The van der Waals surface area contributed by atoms with Crippen LogP contribution in [-0.2, 0) is 19.2 Å². The van der Waals surface area contributed by atoms with Gasteiger partial charge in [-0.1, -0.05) is 75.5 Å². The number of rotatable bonds is 20. The second kappa shape index (κ2) is 18.6. The van der Waals surface area contributed by atoms with Crippen LogP contribution in [0.5, 0.6) is 0 Å². The quantitative estimate of drug-likeness (QED) is 0.0700. The fraction of sp³-hybridized carbons (Fsp3) is 0.846. The van der Waals surface area contributed by atoms with E-state index in [0.29, 0.717) is 23.3 Å². The number of thiol groups is 1. The van der Waals surface area contributed by atoms with Gasteiger partial charge in [-0.25, -0.2) is 9.59 Å². The van der Waals surface area contributed by atoms with E-state index in [1.54, 1.807) is 57.2 Å². The first kappa shape index (κ1) is 37.3. The van der Waals surface area contributed by atoms with Crippen molar-refractivity contribution < 1.29 is 29.4 Å². The highest BCUT2D eigenvalue weighted by atomic mass is 33.1. The Hall–Kier alpha value is -0.720. The molecule has 0 saturated carbocycles. The van der Waals surface area contributed by atoms with Crippen molar-refractivity contribution in [2.45, 2.75) is 109 Å². The molecular formula is C26H48N2O6S4. The average Bonchev–Trinajstić information content (AvgIpc) is 2.77. The summed E-state index contributed by atoms with van der Waals surface area (Å²) in [5.41, 5.74) is -0.653. The van der Waals surface area contributed by atoms with Gasteiger partial charge in [0.2, 0.25) is 11.8 Å². The van der Waals surface area contributed by atoms with Gasteiger partial charge in [0.15, 0.2) is 0 Å². The molecule has 8 nitrogen and oxygen atoms in total. The zero-order valence-electron chi connectivity index (χ0n) is 23.9. The predicted molar refractivity (Wildman–Crippen MR) is 165 cm³/mol. The Morgan fingerprint density at radius 3 is 1.82 bits per heavy atom. The van der Waals surface area contributed by atoms with E-state index < -0.39 is 40.1 Å². The summed E-state index contributed by atoms with van der Waals surface area (Å²) in [5.74, 6) is -0.451. The molecule has 4 N–H and O–H groups in total. The number of carbonyl (C=O) groups excluding carboxylic acids is 2. The summed E-state index contributed by atoms with van der Waals surface area (Å²) in [6.45, 7) is 12.9. The largest absolute Gasteiger partial charge is 0.480 e. The van der Waals surface area contributed by atoms with E-state index in [4.69, 9.17) is 0 Å². The summed E-state index contributed by atoms with van der Waals surface area (Å²) in [6, 6.07) is -1.89. The van der Waals surface area contributed by atoms with Crippen LogP contribution in [0.25, 0.3) is 0 Å². The number of aliphatic carboxylic acids is 2. The fourth-order valence-corrected chi connectivity index (χ4v) is 6.92. The van der Waals surface area contributed by atoms with Gasteiger partial charge < -0.3 is 20.8 Å². The molecule has 0 heterocycles. The molecule has 0 aromatic rings.